The molecule has 4 nitrogen and oxygen atoms in total. The van der Waals surface area contributed by atoms with E-state index in [-0.39, 0.29) is 5.56 Å². The van der Waals surface area contributed by atoms with Gasteiger partial charge in [-0.1, -0.05) is 6.08 Å². The largest absolute Gasteiger partial charge is 0.493 e. The summed E-state index contributed by atoms with van der Waals surface area (Å²) < 4.78 is 10.5. The van der Waals surface area contributed by atoms with Gasteiger partial charge in [0, 0.05) is 23.6 Å². The van der Waals surface area contributed by atoms with E-state index in [9.17, 15) is 4.79 Å². The highest BCUT2D eigenvalue weighted by molar-refractivity contribution is 5.88. The number of pyridine rings is 1. The second kappa shape index (κ2) is 4.96. The Kier molecular flexibility index (Phi) is 3.37. The van der Waals surface area contributed by atoms with Crippen LogP contribution < -0.4 is 15.0 Å². The standard InChI is InChI=1S/C14H15NO3/c1-4-5-11-10-8-13(18-3)12(17-2)6-9(10)7-14(16)15-11/h4,6-8H,1,5H2,2-3H3,(H,15,16). The number of rotatable bonds is 4. The van der Waals surface area contributed by atoms with E-state index in [1.165, 1.54) is 0 Å². The fourth-order valence-electron chi connectivity index (χ4n) is 1.97. The third-order valence-electron chi connectivity index (χ3n) is 2.79. The molecule has 1 heterocycles. The SMILES string of the molecule is C=CCc1[nH]c(=O)cc2cc(OC)c(OC)cc12. The molecule has 1 aromatic carbocycles. The highest BCUT2D eigenvalue weighted by atomic mass is 16.5. The number of aromatic amines is 1. The van der Waals surface area contributed by atoms with E-state index in [1.54, 1.807) is 32.4 Å². The summed E-state index contributed by atoms with van der Waals surface area (Å²) in [5.41, 5.74) is 0.694. The Balaban J connectivity index is 2.78. The first-order chi connectivity index (χ1) is 8.69. The van der Waals surface area contributed by atoms with Crippen molar-refractivity contribution in [3.8, 4) is 11.5 Å². The summed E-state index contributed by atoms with van der Waals surface area (Å²) in [6.07, 6.45) is 2.35. The van der Waals surface area contributed by atoms with Crippen molar-refractivity contribution in [2.45, 2.75) is 6.42 Å². The highest BCUT2D eigenvalue weighted by Crippen LogP contribution is 2.32. The third kappa shape index (κ3) is 2.09. The Hall–Kier alpha value is -2.23. The highest BCUT2D eigenvalue weighted by Gasteiger charge is 2.09. The van der Waals surface area contributed by atoms with Crippen LogP contribution >= 0.6 is 0 Å². The molecule has 0 amide bonds. The smallest absolute Gasteiger partial charge is 0.248 e. The van der Waals surface area contributed by atoms with Crippen LogP contribution in [0.15, 0.2) is 35.6 Å². The van der Waals surface area contributed by atoms with Crippen LogP contribution in [0.2, 0.25) is 0 Å². The molecule has 2 rings (SSSR count). The van der Waals surface area contributed by atoms with E-state index in [2.05, 4.69) is 11.6 Å². The summed E-state index contributed by atoms with van der Waals surface area (Å²) in [6, 6.07) is 5.21. The lowest BCUT2D eigenvalue weighted by Crippen LogP contribution is -2.07. The molecule has 0 unspecified atom stereocenters. The van der Waals surface area contributed by atoms with Gasteiger partial charge in [-0.15, -0.1) is 6.58 Å². The van der Waals surface area contributed by atoms with Gasteiger partial charge >= 0.3 is 0 Å². The number of nitrogens with one attached hydrogen (secondary N) is 1. The minimum absolute atomic E-state index is 0.133. The van der Waals surface area contributed by atoms with Gasteiger partial charge in [-0.05, 0) is 17.5 Å². The minimum Gasteiger partial charge on any atom is -0.493 e. The lowest BCUT2D eigenvalue weighted by molar-refractivity contribution is 0.356. The molecule has 0 radical (unpaired) electrons. The zero-order valence-electron chi connectivity index (χ0n) is 10.4. The lowest BCUT2D eigenvalue weighted by atomic mass is 10.1. The van der Waals surface area contributed by atoms with Crippen molar-refractivity contribution in [1.82, 2.24) is 4.98 Å². The van der Waals surface area contributed by atoms with Crippen molar-refractivity contribution >= 4 is 10.8 Å². The van der Waals surface area contributed by atoms with E-state index in [0.717, 1.165) is 16.5 Å². The second-order valence-electron chi connectivity index (χ2n) is 3.90. The van der Waals surface area contributed by atoms with E-state index in [0.29, 0.717) is 17.9 Å². The molecule has 0 fully saturated rings. The van der Waals surface area contributed by atoms with Crippen LogP contribution in [0, 0.1) is 0 Å². The lowest BCUT2D eigenvalue weighted by Gasteiger charge is -2.11. The van der Waals surface area contributed by atoms with Crippen LogP contribution in [0.25, 0.3) is 10.8 Å². The Labute approximate surface area is 105 Å². The third-order valence-corrected chi connectivity index (χ3v) is 2.79. The molecule has 94 valence electrons. The molecule has 0 aliphatic rings. The van der Waals surface area contributed by atoms with E-state index in [1.807, 2.05) is 6.07 Å². The van der Waals surface area contributed by atoms with Gasteiger partial charge in [-0.2, -0.15) is 0 Å². The average molecular weight is 245 g/mol. The first-order valence-electron chi connectivity index (χ1n) is 5.58. The molecule has 18 heavy (non-hydrogen) atoms. The van der Waals surface area contributed by atoms with E-state index >= 15 is 0 Å². The van der Waals surface area contributed by atoms with Gasteiger partial charge in [0.05, 0.1) is 14.2 Å². The number of H-pyrrole nitrogens is 1. The van der Waals surface area contributed by atoms with Gasteiger partial charge in [0.25, 0.3) is 0 Å². The summed E-state index contributed by atoms with van der Waals surface area (Å²) in [4.78, 5) is 14.4. The van der Waals surface area contributed by atoms with Gasteiger partial charge < -0.3 is 14.5 Å². The van der Waals surface area contributed by atoms with Crippen LogP contribution in [0.5, 0.6) is 11.5 Å². The van der Waals surface area contributed by atoms with Crippen molar-refractivity contribution in [1.29, 1.82) is 0 Å². The van der Waals surface area contributed by atoms with E-state index in [4.69, 9.17) is 9.47 Å². The van der Waals surface area contributed by atoms with Crippen LogP contribution in [-0.4, -0.2) is 19.2 Å². The number of hydrogen-bond donors (Lipinski definition) is 1. The summed E-state index contributed by atoms with van der Waals surface area (Å²) in [6.45, 7) is 3.69. The van der Waals surface area contributed by atoms with Gasteiger partial charge in [0.2, 0.25) is 5.56 Å². The van der Waals surface area contributed by atoms with Gasteiger partial charge in [0.1, 0.15) is 0 Å². The predicted molar refractivity (Wildman–Crippen MR) is 71.6 cm³/mol. The van der Waals surface area contributed by atoms with Gasteiger partial charge in [-0.25, -0.2) is 0 Å². The minimum atomic E-state index is -0.133. The molecule has 1 aromatic heterocycles. The summed E-state index contributed by atoms with van der Waals surface area (Å²) >= 11 is 0. The molecular formula is C14H15NO3. The Bertz CT molecular complexity index is 643. The second-order valence-corrected chi connectivity index (χ2v) is 3.90. The molecule has 0 aliphatic heterocycles. The number of methoxy groups -OCH3 is 2. The summed E-state index contributed by atoms with van der Waals surface area (Å²) in [5.74, 6) is 1.25. The number of benzene rings is 1. The first-order valence-corrected chi connectivity index (χ1v) is 5.58. The molecule has 2 aromatic rings. The number of aromatic nitrogens is 1. The summed E-state index contributed by atoms with van der Waals surface area (Å²) in [5, 5.41) is 1.76. The van der Waals surface area contributed by atoms with Crippen molar-refractivity contribution in [3.63, 3.8) is 0 Å². The maximum atomic E-state index is 11.6. The monoisotopic (exact) mass is 245 g/mol. The Morgan fingerprint density at radius 3 is 2.50 bits per heavy atom. The Morgan fingerprint density at radius 1 is 1.22 bits per heavy atom. The number of hydrogen-bond acceptors (Lipinski definition) is 3. The number of fused-ring (bicyclic) bond motifs is 1. The molecule has 0 aliphatic carbocycles. The maximum absolute atomic E-state index is 11.6. The molecule has 4 heteroatoms. The van der Waals surface area contributed by atoms with Crippen molar-refractivity contribution in [2.24, 2.45) is 0 Å². The summed E-state index contributed by atoms with van der Waals surface area (Å²) in [7, 11) is 3.16. The van der Waals surface area contributed by atoms with Crippen molar-refractivity contribution in [2.75, 3.05) is 14.2 Å². The molecule has 0 atom stereocenters. The molecule has 0 spiro atoms. The van der Waals surface area contributed by atoms with Crippen molar-refractivity contribution in [3.05, 3.63) is 46.9 Å². The fraction of sp³-hybridized carbons (Fsp3) is 0.214. The van der Waals surface area contributed by atoms with Gasteiger partial charge in [-0.3, -0.25) is 4.79 Å². The molecular weight excluding hydrogens is 230 g/mol. The van der Waals surface area contributed by atoms with Crippen LogP contribution in [0.4, 0.5) is 0 Å². The average Bonchev–Trinajstić information content (AvgIpc) is 2.37. The first kappa shape index (κ1) is 12.2. The zero-order valence-corrected chi connectivity index (χ0v) is 10.4. The Morgan fingerprint density at radius 2 is 1.89 bits per heavy atom. The number of ether oxygens (including phenoxy) is 2. The van der Waals surface area contributed by atoms with Crippen LogP contribution in [-0.2, 0) is 6.42 Å². The predicted octanol–water partition coefficient (Wildman–Crippen LogP) is 2.27. The van der Waals surface area contributed by atoms with Gasteiger partial charge in [0.15, 0.2) is 11.5 Å². The van der Waals surface area contributed by atoms with Crippen LogP contribution in [0.3, 0.4) is 0 Å². The van der Waals surface area contributed by atoms with E-state index < -0.39 is 0 Å². The molecule has 0 saturated carbocycles. The zero-order chi connectivity index (χ0) is 13.1. The topological polar surface area (TPSA) is 51.3 Å². The maximum Gasteiger partial charge on any atom is 0.248 e. The normalized spacial score (nSPS) is 10.3. The quantitative estimate of drug-likeness (QED) is 0.841. The molecule has 0 saturated heterocycles. The van der Waals surface area contributed by atoms with Crippen LogP contribution in [0.1, 0.15) is 5.69 Å². The fourth-order valence-corrected chi connectivity index (χ4v) is 1.97. The molecule has 0 bridgehead atoms. The number of allylic oxidation sites excluding steroid dienone is 1. The van der Waals surface area contributed by atoms with Crippen molar-refractivity contribution < 1.29 is 9.47 Å². The molecule has 1 N–H and O–H groups in total.